The van der Waals surface area contributed by atoms with E-state index in [0.29, 0.717) is 45.3 Å². The zero-order chi connectivity index (χ0) is 33.3. The number of hydrogen-bond acceptors (Lipinski definition) is 7. The molecule has 2 aliphatic carbocycles. The van der Waals surface area contributed by atoms with Crippen molar-refractivity contribution in [3.05, 3.63) is 57.5 Å². The van der Waals surface area contributed by atoms with Gasteiger partial charge in [-0.2, -0.15) is 26.3 Å². The van der Waals surface area contributed by atoms with E-state index < -0.39 is 55.9 Å². The number of benzene rings is 1. The largest absolute Gasteiger partial charge is 0.490 e. The number of likely N-dealkylation sites (tertiary alicyclic amines) is 1. The van der Waals surface area contributed by atoms with Crippen LogP contribution in [-0.4, -0.2) is 65.9 Å². The second-order valence-corrected chi connectivity index (χ2v) is 13.2. The first-order valence-corrected chi connectivity index (χ1v) is 15.6. The van der Waals surface area contributed by atoms with Crippen molar-refractivity contribution in [3.8, 4) is 5.88 Å². The van der Waals surface area contributed by atoms with Crippen LogP contribution in [0.5, 0.6) is 5.88 Å². The maximum atomic E-state index is 15.0. The van der Waals surface area contributed by atoms with E-state index in [9.17, 15) is 43.9 Å². The van der Waals surface area contributed by atoms with Crippen LogP contribution in [0.1, 0.15) is 71.5 Å². The summed E-state index contributed by atoms with van der Waals surface area (Å²) in [6.45, 7) is 1.56. The van der Waals surface area contributed by atoms with Crippen LogP contribution < -0.4 is 9.46 Å². The van der Waals surface area contributed by atoms with Crippen molar-refractivity contribution in [2.75, 3.05) is 13.1 Å². The van der Waals surface area contributed by atoms with Crippen molar-refractivity contribution in [2.45, 2.75) is 74.7 Å². The standard InChI is InChI=1S/C25H26ClF4N3O4S.C2HF3O2/c26-21-12-31-23(11-20(21)25(28,29)30)37-16-5-7-33(8-6-16)13-15-9-22(27)19(10-18(15)14-1-2-14)24(34)32-38(35,36)17-3-4-17;3-2(4,5)1(6)7/h9-12,14,16-17H,1-8,13H2,(H,32,34);(H,6,7). The Morgan fingerprint density at radius 1 is 1.02 bits per heavy atom. The third kappa shape index (κ3) is 9.42. The van der Waals surface area contributed by atoms with E-state index >= 15 is 0 Å². The van der Waals surface area contributed by atoms with Gasteiger partial charge in [-0.15, -0.1) is 0 Å². The summed E-state index contributed by atoms with van der Waals surface area (Å²) in [7, 11) is -3.79. The van der Waals surface area contributed by atoms with Gasteiger partial charge >= 0.3 is 18.3 Å². The number of rotatable bonds is 8. The first-order valence-electron chi connectivity index (χ1n) is 13.6. The van der Waals surface area contributed by atoms with Gasteiger partial charge in [0, 0.05) is 25.7 Å². The highest BCUT2D eigenvalue weighted by molar-refractivity contribution is 7.91. The molecule has 3 aliphatic rings. The number of halogens is 8. The molecule has 3 fully saturated rings. The third-order valence-electron chi connectivity index (χ3n) is 7.28. The lowest BCUT2D eigenvalue weighted by Gasteiger charge is -2.32. The quantitative estimate of drug-likeness (QED) is 0.340. The number of aromatic nitrogens is 1. The van der Waals surface area contributed by atoms with Crippen LogP contribution in [0.15, 0.2) is 24.4 Å². The van der Waals surface area contributed by atoms with E-state index in [-0.39, 0.29) is 23.5 Å². The van der Waals surface area contributed by atoms with Gasteiger partial charge in [-0.1, -0.05) is 11.6 Å². The molecule has 2 N–H and O–H groups in total. The Bertz CT molecular complexity index is 1540. The van der Waals surface area contributed by atoms with Crippen LogP contribution in [0.4, 0.5) is 30.7 Å². The van der Waals surface area contributed by atoms with E-state index in [1.165, 1.54) is 12.1 Å². The summed E-state index contributed by atoms with van der Waals surface area (Å²) in [5.41, 5.74) is 0.295. The van der Waals surface area contributed by atoms with Gasteiger partial charge in [-0.25, -0.2) is 27.3 Å². The normalized spacial score (nSPS) is 18.1. The molecule has 1 aromatic carbocycles. The van der Waals surface area contributed by atoms with E-state index in [4.69, 9.17) is 26.2 Å². The molecule has 0 unspecified atom stereocenters. The smallest absolute Gasteiger partial charge is 0.475 e. The molecule has 2 saturated carbocycles. The summed E-state index contributed by atoms with van der Waals surface area (Å²) in [6.07, 6.45) is -5.24. The number of carbonyl (C=O) groups is 2. The minimum Gasteiger partial charge on any atom is -0.475 e. The Morgan fingerprint density at radius 2 is 1.62 bits per heavy atom. The predicted octanol–water partition coefficient (Wildman–Crippen LogP) is 5.67. The highest BCUT2D eigenvalue weighted by Gasteiger charge is 2.39. The van der Waals surface area contributed by atoms with Gasteiger partial charge < -0.3 is 9.84 Å². The second-order valence-electron chi connectivity index (χ2n) is 10.9. The SMILES string of the molecule is O=C(NS(=O)(=O)C1CC1)c1cc(C2CC2)c(CN2CCC(Oc3cc(C(F)(F)F)c(Cl)cn3)CC2)cc1F.O=C(O)C(F)(F)F. The number of ether oxygens (including phenoxy) is 1. The average molecular weight is 690 g/mol. The second kappa shape index (κ2) is 13.3. The summed E-state index contributed by atoms with van der Waals surface area (Å²) in [5.74, 6) is -4.44. The maximum Gasteiger partial charge on any atom is 0.490 e. The molecule has 0 atom stereocenters. The Hall–Kier alpha value is -3.18. The molecule has 248 valence electrons. The minimum atomic E-state index is -5.08. The van der Waals surface area contributed by atoms with E-state index in [0.717, 1.165) is 36.2 Å². The number of carbonyl (C=O) groups excluding carboxylic acids is 1. The number of nitrogens with one attached hydrogen (secondary N) is 1. The monoisotopic (exact) mass is 689 g/mol. The number of nitrogens with zero attached hydrogens (tertiary/aromatic N) is 2. The van der Waals surface area contributed by atoms with Crippen molar-refractivity contribution in [2.24, 2.45) is 0 Å². The Kier molecular flexibility index (Phi) is 10.2. The van der Waals surface area contributed by atoms with Gasteiger partial charge in [-0.05, 0) is 67.7 Å². The lowest BCUT2D eigenvalue weighted by molar-refractivity contribution is -0.192. The molecular formula is C27H27ClF7N3O6S. The average Bonchev–Trinajstić information content (AvgIpc) is 3.83. The molecule has 1 aromatic heterocycles. The fourth-order valence-electron chi connectivity index (χ4n) is 4.66. The minimum absolute atomic E-state index is 0.143. The number of alkyl halides is 6. The fraction of sp³-hybridized carbons (Fsp3) is 0.519. The molecule has 0 bridgehead atoms. The number of amides is 1. The molecule has 1 saturated heterocycles. The molecule has 0 spiro atoms. The molecule has 18 heteroatoms. The van der Waals surface area contributed by atoms with Crippen molar-refractivity contribution < 1.29 is 58.6 Å². The van der Waals surface area contributed by atoms with Crippen LogP contribution in [0, 0.1) is 5.82 Å². The van der Waals surface area contributed by atoms with Crippen LogP contribution in [0.3, 0.4) is 0 Å². The summed E-state index contributed by atoms with van der Waals surface area (Å²) in [4.78, 5) is 27.4. The Morgan fingerprint density at radius 3 is 2.13 bits per heavy atom. The van der Waals surface area contributed by atoms with Crippen molar-refractivity contribution in [1.29, 1.82) is 0 Å². The Labute approximate surface area is 257 Å². The summed E-state index contributed by atoms with van der Waals surface area (Å²) in [6, 6.07) is 3.58. The van der Waals surface area contributed by atoms with Gasteiger partial charge in [0.25, 0.3) is 5.91 Å². The van der Waals surface area contributed by atoms with Crippen LogP contribution in [0.2, 0.25) is 5.02 Å². The molecular weight excluding hydrogens is 663 g/mol. The zero-order valence-electron chi connectivity index (χ0n) is 23.2. The van der Waals surface area contributed by atoms with Gasteiger partial charge in [0.15, 0.2) is 0 Å². The number of aliphatic carboxylic acids is 1. The molecule has 2 heterocycles. The highest BCUT2D eigenvalue weighted by atomic mass is 35.5. The summed E-state index contributed by atoms with van der Waals surface area (Å²) < 4.78 is 118. The van der Waals surface area contributed by atoms with Gasteiger partial charge in [0.1, 0.15) is 11.9 Å². The van der Waals surface area contributed by atoms with E-state index in [1.54, 1.807) is 0 Å². The number of carboxylic acids is 1. The molecule has 5 rings (SSSR count). The molecule has 1 amide bonds. The topological polar surface area (TPSA) is 126 Å². The molecule has 1 aliphatic heterocycles. The van der Waals surface area contributed by atoms with E-state index in [1.807, 2.05) is 4.72 Å². The third-order valence-corrected chi connectivity index (χ3v) is 9.40. The molecule has 45 heavy (non-hydrogen) atoms. The number of hydrogen-bond donors (Lipinski definition) is 2. The van der Waals surface area contributed by atoms with Crippen molar-refractivity contribution in [1.82, 2.24) is 14.6 Å². The number of sulfonamides is 1. The number of piperidine rings is 1. The fourth-order valence-corrected chi connectivity index (χ4v) is 6.16. The molecule has 2 aromatic rings. The summed E-state index contributed by atoms with van der Waals surface area (Å²) >= 11 is 5.62. The number of pyridine rings is 1. The van der Waals surface area contributed by atoms with Crippen molar-refractivity contribution >= 4 is 33.5 Å². The first-order chi connectivity index (χ1) is 20.8. The lowest BCUT2D eigenvalue weighted by Crippen LogP contribution is -2.38. The van der Waals surface area contributed by atoms with Gasteiger partial charge in [-0.3, -0.25) is 9.69 Å². The molecule has 0 radical (unpaired) electrons. The predicted molar refractivity (Wildman–Crippen MR) is 145 cm³/mol. The maximum absolute atomic E-state index is 15.0. The zero-order valence-corrected chi connectivity index (χ0v) is 24.8. The van der Waals surface area contributed by atoms with E-state index in [2.05, 4.69) is 9.88 Å². The van der Waals surface area contributed by atoms with Crippen LogP contribution in [0.25, 0.3) is 0 Å². The van der Waals surface area contributed by atoms with Crippen LogP contribution in [-0.2, 0) is 27.5 Å². The van der Waals surface area contributed by atoms with Crippen molar-refractivity contribution in [3.63, 3.8) is 0 Å². The van der Waals surface area contributed by atoms with Crippen LogP contribution >= 0.6 is 11.6 Å². The van der Waals surface area contributed by atoms with Gasteiger partial charge in [0.05, 0.1) is 27.6 Å². The Balaban J connectivity index is 0.000000591. The number of carboxylic acid groups (broad SMARTS) is 1. The molecule has 9 nitrogen and oxygen atoms in total. The summed E-state index contributed by atoms with van der Waals surface area (Å²) in [5, 5.41) is 6.04. The van der Waals surface area contributed by atoms with Gasteiger partial charge in [0.2, 0.25) is 15.9 Å². The first kappa shape index (κ1) is 34.7. The lowest BCUT2D eigenvalue weighted by atomic mass is 9.97. The highest BCUT2D eigenvalue weighted by Crippen LogP contribution is 2.43.